The van der Waals surface area contributed by atoms with Crippen LogP contribution in [-0.4, -0.2) is 22.6 Å². The Morgan fingerprint density at radius 2 is 2.14 bits per heavy atom. The molecule has 0 amide bonds. The average molecular weight is 305 g/mol. The molecule has 2 aromatic rings. The Labute approximate surface area is 129 Å². The maximum atomic E-state index is 6.33. The summed E-state index contributed by atoms with van der Waals surface area (Å²) in [5.74, 6) is 2.08. The number of nitrogens with zero attached hydrogens (tertiary/aromatic N) is 2. The average Bonchev–Trinajstić information content (AvgIpc) is 2.97. The minimum Gasteiger partial charge on any atom is -0.473 e. The monoisotopic (exact) mass is 305 g/mol. The molecule has 1 fully saturated rings. The molecule has 21 heavy (non-hydrogen) atoms. The summed E-state index contributed by atoms with van der Waals surface area (Å²) in [5, 5.41) is 6.30. The lowest BCUT2D eigenvalue weighted by Crippen LogP contribution is -2.30. The highest BCUT2D eigenvalue weighted by Gasteiger charge is 2.26. The molecular formula is C16H23N3OS. The second-order valence-corrected chi connectivity index (χ2v) is 6.53. The Morgan fingerprint density at radius 1 is 1.29 bits per heavy atom. The second-order valence-electron chi connectivity index (χ2n) is 5.63. The van der Waals surface area contributed by atoms with Gasteiger partial charge >= 0.3 is 0 Å². The third-order valence-electron chi connectivity index (χ3n) is 4.25. The lowest BCUT2D eigenvalue weighted by Gasteiger charge is -2.31. The van der Waals surface area contributed by atoms with Crippen LogP contribution in [0.5, 0.6) is 5.88 Å². The van der Waals surface area contributed by atoms with E-state index in [1.54, 1.807) is 11.3 Å². The summed E-state index contributed by atoms with van der Waals surface area (Å²) >= 11 is 1.64. The standard InChI is InChI=1S/C16H23N3OS/c1-3-11-7-5-6-8-13(11)20-14-12-9-10-21-15(12)19-16(18-14)17-4-2/h9-11,13H,3-8H2,1-2H3,(H,17,18,19). The molecule has 1 N–H and O–H groups in total. The van der Waals surface area contributed by atoms with Crippen molar-refractivity contribution in [1.82, 2.24) is 9.97 Å². The zero-order chi connectivity index (χ0) is 14.7. The number of rotatable bonds is 5. The molecule has 2 heterocycles. The van der Waals surface area contributed by atoms with Crippen LogP contribution in [0.15, 0.2) is 11.4 Å². The molecule has 1 aliphatic rings. The van der Waals surface area contributed by atoms with Crippen molar-refractivity contribution in [3.05, 3.63) is 11.4 Å². The van der Waals surface area contributed by atoms with Crippen LogP contribution in [0.4, 0.5) is 5.95 Å². The largest absolute Gasteiger partial charge is 0.473 e. The minimum absolute atomic E-state index is 0.302. The smallest absolute Gasteiger partial charge is 0.227 e. The van der Waals surface area contributed by atoms with Gasteiger partial charge in [0.2, 0.25) is 11.8 Å². The van der Waals surface area contributed by atoms with Gasteiger partial charge in [-0.15, -0.1) is 11.3 Å². The molecule has 0 radical (unpaired) electrons. The Bertz CT molecular complexity index is 598. The minimum atomic E-state index is 0.302. The van der Waals surface area contributed by atoms with Crippen molar-refractivity contribution >= 4 is 27.5 Å². The third-order valence-corrected chi connectivity index (χ3v) is 5.06. The van der Waals surface area contributed by atoms with Gasteiger partial charge in [-0.25, -0.2) is 4.98 Å². The summed E-state index contributed by atoms with van der Waals surface area (Å²) in [6.07, 6.45) is 6.50. The van der Waals surface area contributed by atoms with Crippen molar-refractivity contribution in [2.24, 2.45) is 5.92 Å². The Kier molecular flexibility index (Phi) is 4.58. The number of fused-ring (bicyclic) bond motifs is 1. The molecule has 0 saturated heterocycles. The van der Waals surface area contributed by atoms with E-state index in [0.717, 1.165) is 29.1 Å². The van der Waals surface area contributed by atoms with Crippen LogP contribution in [0, 0.1) is 5.92 Å². The fourth-order valence-electron chi connectivity index (χ4n) is 3.09. The van der Waals surface area contributed by atoms with Gasteiger partial charge in [-0.2, -0.15) is 4.98 Å². The van der Waals surface area contributed by atoms with Gasteiger partial charge in [0, 0.05) is 6.54 Å². The number of nitrogens with one attached hydrogen (secondary N) is 1. The molecule has 2 atom stereocenters. The summed E-state index contributed by atoms with van der Waals surface area (Å²) in [4.78, 5) is 10.1. The molecule has 114 valence electrons. The number of ether oxygens (including phenoxy) is 1. The second kappa shape index (κ2) is 6.60. The third kappa shape index (κ3) is 3.12. The van der Waals surface area contributed by atoms with E-state index in [1.165, 1.54) is 25.7 Å². The summed E-state index contributed by atoms with van der Waals surface area (Å²) in [7, 11) is 0. The number of hydrogen-bond donors (Lipinski definition) is 1. The summed E-state index contributed by atoms with van der Waals surface area (Å²) < 4.78 is 6.33. The lowest BCUT2D eigenvalue weighted by molar-refractivity contribution is 0.0876. The van der Waals surface area contributed by atoms with Crippen molar-refractivity contribution in [2.45, 2.75) is 52.1 Å². The maximum Gasteiger partial charge on any atom is 0.227 e. The normalized spacial score (nSPS) is 22.4. The molecule has 0 spiro atoms. The Balaban J connectivity index is 1.89. The van der Waals surface area contributed by atoms with Gasteiger partial charge in [-0.1, -0.05) is 13.3 Å². The number of anilines is 1. The van der Waals surface area contributed by atoms with Gasteiger partial charge in [-0.05, 0) is 50.0 Å². The molecule has 3 rings (SSSR count). The first-order valence-electron chi connectivity index (χ1n) is 7.97. The molecule has 2 aromatic heterocycles. The van der Waals surface area contributed by atoms with E-state index in [0.29, 0.717) is 18.0 Å². The van der Waals surface area contributed by atoms with Crippen LogP contribution in [0.25, 0.3) is 10.2 Å². The molecular weight excluding hydrogens is 282 g/mol. The van der Waals surface area contributed by atoms with Crippen LogP contribution in [0.1, 0.15) is 46.0 Å². The molecule has 5 heteroatoms. The van der Waals surface area contributed by atoms with Crippen LogP contribution in [-0.2, 0) is 0 Å². The number of aromatic nitrogens is 2. The summed E-state index contributed by atoms with van der Waals surface area (Å²) in [6, 6.07) is 2.06. The molecule has 4 nitrogen and oxygen atoms in total. The van der Waals surface area contributed by atoms with Crippen LogP contribution < -0.4 is 10.1 Å². The quantitative estimate of drug-likeness (QED) is 0.885. The highest BCUT2D eigenvalue weighted by atomic mass is 32.1. The highest BCUT2D eigenvalue weighted by molar-refractivity contribution is 7.16. The van der Waals surface area contributed by atoms with Gasteiger partial charge in [0.05, 0.1) is 5.39 Å². The van der Waals surface area contributed by atoms with Crippen LogP contribution in [0.2, 0.25) is 0 Å². The summed E-state index contributed by atoms with van der Waals surface area (Å²) in [5.41, 5.74) is 0. The fraction of sp³-hybridized carbons (Fsp3) is 0.625. The Hall–Kier alpha value is -1.36. The van der Waals surface area contributed by atoms with Crippen molar-refractivity contribution in [3.63, 3.8) is 0 Å². The molecule has 0 bridgehead atoms. The van der Waals surface area contributed by atoms with Gasteiger partial charge < -0.3 is 10.1 Å². The SMILES string of the molecule is CCNc1nc(OC2CCCCC2CC)c2ccsc2n1. The topological polar surface area (TPSA) is 47.0 Å². The van der Waals surface area contributed by atoms with E-state index >= 15 is 0 Å². The van der Waals surface area contributed by atoms with Gasteiger partial charge in [0.25, 0.3) is 0 Å². The molecule has 1 saturated carbocycles. The van der Waals surface area contributed by atoms with E-state index in [-0.39, 0.29) is 0 Å². The van der Waals surface area contributed by atoms with E-state index in [9.17, 15) is 0 Å². The Morgan fingerprint density at radius 3 is 2.95 bits per heavy atom. The van der Waals surface area contributed by atoms with E-state index in [2.05, 4.69) is 40.6 Å². The first kappa shape index (κ1) is 14.6. The molecule has 1 aliphatic carbocycles. The zero-order valence-corrected chi connectivity index (χ0v) is 13.6. The fourth-order valence-corrected chi connectivity index (χ4v) is 3.85. The van der Waals surface area contributed by atoms with E-state index in [1.807, 2.05) is 0 Å². The lowest BCUT2D eigenvalue weighted by atomic mass is 9.85. The van der Waals surface area contributed by atoms with Crippen LogP contribution in [0.3, 0.4) is 0 Å². The van der Waals surface area contributed by atoms with Crippen molar-refractivity contribution in [2.75, 3.05) is 11.9 Å². The highest BCUT2D eigenvalue weighted by Crippen LogP contribution is 2.34. The first-order chi connectivity index (χ1) is 10.3. The van der Waals surface area contributed by atoms with E-state index < -0.39 is 0 Å². The van der Waals surface area contributed by atoms with Crippen molar-refractivity contribution < 1.29 is 4.74 Å². The van der Waals surface area contributed by atoms with E-state index in [4.69, 9.17) is 4.74 Å². The number of hydrogen-bond acceptors (Lipinski definition) is 5. The van der Waals surface area contributed by atoms with Crippen molar-refractivity contribution in [3.8, 4) is 5.88 Å². The zero-order valence-electron chi connectivity index (χ0n) is 12.8. The molecule has 0 aromatic carbocycles. The predicted octanol–water partition coefficient (Wildman–Crippen LogP) is 4.47. The summed E-state index contributed by atoms with van der Waals surface area (Å²) in [6.45, 7) is 5.13. The first-order valence-corrected chi connectivity index (χ1v) is 8.85. The van der Waals surface area contributed by atoms with Gasteiger partial charge in [-0.3, -0.25) is 0 Å². The maximum absolute atomic E-state index is 6.33. The predicted molar refractivity (Wildman–Crippen MR) is 88.2 cm³/mol. The molecule has 2 unspecified atom stereocenters. The van der Waals surface area contributed by atoms with Crippen LogP contribution >= 0.6 is 11.3 Å². The van der Waals surface area contributed by atoms with Crippen molar-refractivity contribution in [1.29, 1.82) is 0 Å². The van der Waals surface area contributed by atoms with Gasteiger partial charge in [0.1, 0.15) is 10.9 Å². The molecule has 0 aliphatic heterocycles. The number of thiophene rings is 1. The van der Waals surface area contributed by atoms with Gasteiger partial charge in [0.15, 0.2) is 0 Å².